The standard InChI is InChI=1S/C16H19FN2OS/c1-9-8-18-7-6-12(9)19-16(20)15-10(2)14-11(17)4-3-5-13(14)21-15/h3-5,9,12,18H,6-8H2,1-2H3,(H,19,20)/t9-,12+/m1/s1. The summed E-state index contributed by atoms with van der Waals surface area (Å²) in [5, 5.41) is 7.01. The molecule has 2 heterocycles. The van der Waals surface area contributed by atoms with E-state index in [0.29, 0.717) is 16.2 Å². The van der Waals surface area contributed by atoms with Crippen molar-refractivity contribution in [2.75, 3.05) is 13.1 Å². The number of halogens is 1. The van der Waals surface area contributed by atoms with E-state index in [1.54, 1.807) is 6.07 Å². The van der Waals surface area contributed by atoms with Gasteiger partial charge in [-0.1, -0.05) is 13.0 Å². The van der Waals surface area contributed by atoms with E-state index in [1.165, 1.54) is 17.4 Å². The number of thiophene rings is 1. The summed E-state index contributed by atoms with van der Waals surface area (Å²) in [4.78, 5) is 13.1. The first-order valence-electron chi connectivity index (χ1n) is 7.27. The summed E-state index contributed by atoms with van der Waals surface area (Å²) in [6, 6.07) is 5.18. The van der Waals surface area contributed by atoms with Gasteiger partial charge in [-0.15, -0.1) is 11.3 Å². The molecule has 1 aromatic heterocycles. The van der Waals surface area contributed by atoms with Crippen LogP contribution in [0.4, 0.5) is 4.39 Å². The molecule has 1 saturated heterocycles. The van der Waals surface area contributed by atoms with Crippen LogP contribution in [-0.4, -0.2) is 25.0 Å². The molecule has 0 bridgehead atoms. The summed E-state index contributed by atoms with van der Waals surface area (Å²) in [5.41, 5.74) is 0.743. The van der Waals surface area contributed by atoms with Crippen LogP contribution in [0.5, 0.6) is 0 Å². The summed E-state index contributed by atoms with van der Waals surface area (Å²) in [5.74, 6) is 0.0801. The highest BCUT2D eigenvalue weighted by Gasteiger charge is 2.25. The van der Waals surface area contributed by atoms with Crippen LogP contribution in [0, 0.1) is 18.7 Å². The first-order valence-corrected chi connectivity index (χ1v) is 8.08. The van der Waals surface area contributed by atoms with Crippen LogP contribution in [0.1, 0.15) is 28.6 Å². The van der Waals surface area contributed by atoms with E-state index < -0.39 is 0 Å². The monoisotopic (exact) mass is 306 g/mol. The SMILES string of the molecule is Cc1c(C(=O)N[C@H]2CCNC[C@H]2C)sc2cccc(F)c12. The molecule has 21 heavy (non-hydrogen) atoms. The maximum absolute atomic E-state index is 13.9. The highest BCUT2D eigenvalue weighted by Crippen LogP contribution is 2.32. The van der Waals surface area contributed by atoms with Crippen LogP contribution in [0.25, 0.3) is 10.1 Å². The molecule has 1 aliphatic heterocycles. The van der Waals surface area contributed by atoms with E-state index >= 15 is 0 Å². The van der Waals surface area contributed by atoms with Crippen LogP contribution in [0.3, 0.4) is 0 Å². The normalized spacial score (nSPS) is 22.4. The van der Waals surface area contributed by atoms with Crippen molar-refractivity contribution >= 4 is 27.3 Å². The third kappa shape index (κ3) is 2.68. The van der Waals surface area contributed by atoms with Gasteiger partial charge in [0.1, 0.15) is 5.82 Å². The molecule has 0 unspecified atom stereocenters. The van der Waals surface area contributed by atoms with Crippen molar-refractivity contribution in [2.24, 2.45) is 5.92 Å². The quantitative estimate of drug-likeness (QED) is 0.895. The second kappa shape index (κ2) is 5.73. The van der Waals surface area contributed by atoms with Crippen molar-refractivity contribution in [3.05, 3.63) is 34.5 Å². The summed E-state index contributed by atoms with van der Waals surface area (Å²) >= 11 is 1.37. The minimum atomic E-state index is -0.254. The number of hydrogen-bond donors (Lipinski definition) is 2. The Hall–Kier alpha value is -1.46. The lowest BCUT2D eigenvalue weighted by Gasteiger charge is -2.30. The number of piperidine rings is 1. The molecule has 0 spiro atoms. The molecule has 1 aromatic carbocycles. The van der Waals surface area contributed by atoms with Gasteiger partial charge in [0.2, 0.25) is 0 Å². The predicted octanol–water partition coefficient (Wildman–Crippen LogP) is 3.08. The Morgan fingerprint density at radius 3 is 3.00 bits per heavy atom. The number of hydrogen-bond acceptors (Lipinski definition) is 3. The number of nitrogens with one attached hydrogen (secondary N) is 2. The molecule has 1 fully saturated rings. The van der Waals surface area contributed by atoms with Crippen molar-refractivity contribution < 1.29 is 9.18 Å². The van der Waals surface area contributed by atoms with Crippen molar-refractivity contribution in [2.45, 2.75) is 26.3 Å². The number of rotatable bonds is 2. The predicted molar refractivity (Wildman–Crippen MR) is 84.4 cm³/mol. The van der Waals surface area contributed by atoms with Crippen LogP contribution < -0.4 is 10.6 Å². The van der Waals surface area contributed by atoms with E-state index in [1.807, 2.05) is 13.0 Å². The maximum Gasteiger partial charge on any atom is 0.261 e. The number of carbonyl (C=O) groups is 1. The van der Waals surface area contributed by atoms with Crippen molar-refractivity contribution in [1.29, 1.82) is 0 Å². The second-order valence-electron chi connectivity index (χ2n) is 5.72. The zero-order valence-corrected chi connectivity index (χ0v) is 13.0. The molecular weight excluding hydrogens is 287 g/mol. The number of benzene rings is 1. The molecule has 3 nitrogen and oxygen atoms in total. The third-order valence-electron chi connectivity index (χ3n) is 4.21. The smallest absolute Gasteiger partial charge is 0.261 e. The molecule has 3 rings (SSSR count). The van der Waals surface area contributed by atoms with Gasteiger partial charge in [0.05, 0.1) is 4.88 Å². The van der Waals surface area contributed by atoms with Crippen LogP contribution in [0.15, 0.2) is 18.2 Å². The van der Waals surface area contributed by atoms with Gasteiger partial charge in [-0.25, -0.2) is 4.39 Å². The Labute approximate surface area is 127 Å². The van der Waals surface area contributed by atoms with Gasteiger partial charge in [-0.05, 0) is 50.0 Å². The van der Waals surface area contributed by atoms with Gasteiger partial charge < -0.3 is 10.6 Å². The number of carbonyl (C=O) groups excluding carboxylic acids is 1. The average molecular weight is 306 g/mol. The largest absolute Gasteiger partial charge is 0.348 e. The van der Waals surface area contributed by atoms with Gasteiger partial charge in [0.15, 0.2) is 0 Å². The fourth-order valence-corrected chi connectivity index (χ4v) is 4.06. The fourth-order valence-electron chi connectivity index (χ4n) is 2.93. The maximum atomic E-state index is 13.9. The molecule has 5 heteroatoms. The minimum Gasteiger partial charge on any atom is -0.348 e. The van der Waals surface area contributed by atoms with Crippen LogP contribution >= 0.6 is 11.3 Å². The van der Waals surface area contributed by atoms with Gasteiger partial charge >= 0.3 is 0 Å². The van der Waals surface area contributed by atoms with E-state index in [4.69, 9.17) is 0 Å². The zero-order chi connectivity index (χ0) is 15.0. The Morgan fingerprint density at radius 2 is 2.29 bits per heavy atom. The Balaban J connectivity index is 1.88. The van der Waals surface area contributed by atoms with Crippen molar-refractivity contribution in [1.82, 2.24) is 10.6 Å². The van der Waals surface area contributed by atoms with Crippen molar-refractivity contribution in [3.63, 3.8) is 0 Å². The lowest BCUT2D eigenvalue weighted by atomic mass is 9.95. The summed E-state index contributed by atoms with van der Waals surface area (Å²) in [6.07, 6.45) is 0.936. The molecule has 0 saturated carbocycles. The third-order valence-corrected chi connectivity index (χ3v) is 5.47. The molecule has 0 aliphatic carbocycles. The topological polar surface area (TPSA) is 41.1 Å². The first kappa shape index (κ1) is 14.5. The average Bonchev–Trinajstić information content (AvgIpc) is 2.80. The molecular formula is C16H19FN2OS. The Bertz CT molecular complexity index is 682. The number of amides is 1. The Kier molecular flexibility index (Phi) is 3.95. The molecule has 1 amide bonds. The number of fused-ring (bicyclic) bond motifs is 1. The molecule has 2 aromatic rings. The summed E-state index contributed by atoms with van der Waals surface area (Å²) in [6.45, 7) is 5.80. The highest BCUT2D eigenvalue weighted by molar-refractivity contribution is 7.21. The fraction of sp³-hybridized carbons (Fsp3) is 0.438. The molecule has 0 radical (unpaired) electrons. The zero-order valence-electron chi connectivity index (χ0n) is 12.2. The Morgan fingerprint density at radius 1 is 1.48 bits per heavy atom. The second-order valence-corrected chi connectivity index (χ2v) is 6.77. The van der Waals surface area contributed by atoms with E-state index in [9.17, 15) is 9.18 Å². The lowest BCUT2D eigenvalue weighted by Crippen LogP contribution is -2.48. The first-order chi connectivity index (χ1) is 10.1. The minimum absolute atomic E-state index is 0.0770. The number of aryl methyl sites for hydroxylation is 1. The van der Waals surface area contributed by atoms with E-state index in [0.717, 1.165) is 29.8 Å². The molecule has 112 valence electrons. The van der Waals surface area contributed by atoms with E-state index in [2.05, 4.69) is 17.6 Å². The molecule has 2 atom stereocenters. The van der Waals surface area contributed by atoms with Gasteiger partial charge in [-0.3, -0.25) is 4.79 Å². The van der Waals surface area contributed by atoms with Crippen LogP contribution in [-0.2, 0) is 0 Å². The summed E-state index contributed by atoms with van der Waals surface area (Å²) < 4.78 is 14.7. The van der Waals surface area contributed by atoms with Gasteiger partial charge in [0.25, 0.3) is 5.91 Å². The highest BCUT2D eigenvalue weighted by atomic mass is 32.1. The van der Waals surface area contributed by atoms with E-state index in [-0.39, 0.29) is 17.8 Å². The summed E-state index contributed by atoms with van der Waals surface area (Å²) in [7, 11) is 0. The molecule has 1 aliphatic rings. The van der Waals surface area contributed by atoms with Gasteiger partial charge in [0, 0.05) is 16.1 Å². The molecule has 2 N–H and O–H groups in total. The van der Waals surface area contributed by atoms with Gasteiger partial charge in [-0.2, -0.15) is 0 Å². The lowest BCUT2D eigenvalue weighted by molar-refractivity contribution is 0.0918. The van der Waals surface area contributed by atoms with Crippen molar-refractivity contribution in [3.8, 4) is 0 Å². The van der Waals surface area contributed by atoms with Crippen LogP contribution in [0.2, 0.25) is 0 Å².